The van der Waals surface area contributed by atoms with Gasteiger partial charge in [-0.2, -0.15) is 0 Å². The highest BCUT2D eigenvalue weighted by Gasteiger charge is 2.40. The number of hydrogen-bond acceptors (Lipinski definition) is 6. The molecule has 8 heteroatoms. The van der Waals surface area contributed by atoms with E-state index in [1.807, 2.05) is 36.4 Å². The van der Waals surface area contributed by atoms with Crippen molar-refractivity contribution in [3.05, 3.63) is 56.9 Å². The van der Waals surface area contributed by atoms with Gasteiger partial charge < -0.3 is 4.74 Å². The number of nitrogens with zero attached hydrogens (tertiary/aromatic N) is 2. The van der Waals surface area contributed by atoms with Gasteiger partial charge in [-0.05, 0) is 30.7 Å². The second-order valence-corrected chi connectivity index (χ2v) is 8.80. The number of carbonyl (C=O) groups excluding carboxylic acids is 2. The number of para-hydroxylation sites is 1. The Morgan fingerprint density at radius 3 is 2.70 bits per heavy atom. The van der Waals surface area contributed by atoms with Crippen molar-refractivity contribution in [3.8, 4) is 9.88 Å². The van der Waals surface area contributed by atoms with Gasteiger partial charge in [-0.3, -0.25) is 9.69 Å². The Balaban J connectivity index is 1.74. The van der Waals surface area contributed by atoms with Gasteiger partial charge in [0.25, 0.3) is 5.91 Å². The number of halogens is 1. The van der Waals surface area contributed by atoms with Crippen molar-refractivity contribution in [2.24, 2.45) is 0 Å². The number of methoxy groups -OCH3 is 1. The van der Waals surface area contributed by atoms with E-state index >= 15 is 0 Å². The van der Waals surface area contributed by atoms with Crippen LogP contribution in [-0.2, 0) is 16.0 Å². The predicted octanol–water partition coefficient (Wildman–Crippen LogP) is 4.58. The highest BCUT2D eigenvalue weighted by molar-refractivity contribution is 7.24. The maximum atomic E-state index is 13.4. The summed E-state index contributed by atoms with van der Waals surface area (Å²) in [4.78, 5) is 33.2. The van der Waals surface area contributed by atoms with Crippen LogP contribution in [0.15, 0.2) is 36.4 Å². The molecule has 0 spiro atoms. The normalized spacial score (nSPS) is 15.7. The van der Waals surface area contributed by atoms with Gasteiger partial charge in [0.1, 0.15) is 15.9 Å². The fourth-order valence-electron chi connectivity index (χ4n) is 3.20. The highest BCUT2D eigenvalue weighted by atomic mass is 35.5. The largest absolute Gasteiger partial charge is 0.467 e. The van der Waals surface area contributed by atoms with Crippen molar-refractivity contribution in [2.45, 2.75) is 19.4 Å². The first-order valence-electron chi connectivity index (χ1n) is 8.22. The number of thiazole rings is 1. The lowest BCUT2D eigenvalue weighted by Gasteiger charge is -2.23. The zero-order chi connectivity index (χ0) is 19.1. The van der Waals surface area contributed by atoms with Gasteiger partial charge in [-0.25, -0.2) is 9.78 Å². The number of aryl methyl sites for hydroxylation is 1. The Labute approximate surface area is 169 Å². The average molecular weight is 419 g/mol. The Morgan fingerprint density at radius 1 is 1.22 bits per heavy atom. The quantitative estimate of drug-likeness (QED) is 0.584. The number of thiophene rings is 1. The molecule has 1 aromatic carbocycles. The molecular weight excluding hydrogens is 404 g/mol. The molecule has 138 valence electrons. The minimum absolute atomic E-state index is 0.237. The monoisotopic (exact) mass is 418 g/mol. The molecule has 3 heterocycles. The lowest BCUT2D eigenvalue weighted by Crippen LogP contribution is -2.43. The molecule has 0 fully saturated rings. The van der Waals surface area contributed by atoms with E-state index < -0.39 is 12.0 Å². The van der Waals surface area contributed by atoms with Crippen LogP contribution < -0.4 is 4.90 Å². The van der Waals surface area contributed by atoms with Gasteiger partial charge in [-0.15, -0.1) is 22.7 Å². The fourth-order valence-corrected chi connectivity index (χ4v) is 5.30. The second kappa shape index (κ2) is 7.07. The van der Waals surface area contributed by atoms with E-state index in [1.165, 1.54) is 34.7 Å². The average Bonchev–Trinajstić information content (AvgIpc) is 3.36. The predicted molar refractivity (Wildman–Crippen MR) is 108 cm³/mol. The molecule has 4 rings (SSSR count). The standard InChI is InChI=1S/C19H15ClN2O3S2/c1-10-16(27-17(21-10)14-7-8-15(20)26-14)18(23)22-12-6-4-3-5-11(12)9-13(22)19(24)25-2/h3-8,13H,9H2,1-2H3. The summed E-state index contributed by atoms with van der Waals surface area (Å²) in [5.74, 6) is -0.661. The molecule has 0 bridgehead atoms. The van der Waals surface area contributed by atoms with E-state index in [4.69, 9.17) is 16.3 Å². The second-order valence-electron chi connectivity index (χ2n) is 6.08. The number of aromatic nitrogens is 1. The first kappa shape index (κ1) is 18.2. The molecular formula is C19H15ClN2O3S2. The lowest BCUT2D eigenvalue weighted by atomic mass is 10.1. The summed E-state index contributed by atoms with van der Waals surface area (Å²) in [6.45, 7) is 1.80. The number of rotatable bonds is 3. The molecule has 1 atom stereocenters. The van der Waals surface area contributed by atoms with E-state index in [-0.39, 0.29) is 5.91 Å². The Morgan fingerprint density at radius 2 is 2.00 bits per heavy atom. The van der Waals surface area contributed by atoms with Crippen molar-refractivity contribution in [2.75, 3.05) is 12.0 Å². The first-order chi connectivity index (χ1) is 13.0. The molecule has 5 nitrogen and oxygen atoms in total. The summed E-state index contributed by atoms with van der Waals surface area (Å²) >= 11 is 8.75. The molecule has 0 saturated carbocycles. The summed E-state index contributed by atoms with van der Waals surface area (Å²) in [5.41, 5.74) is 2.33. The van der Waals surface area contributed by atoms with Crippen molar-refractivity contribution in [1.82, 2.24) is 4.98 Å². The number of benzene rings is 1. The molecule has 1 aliphatic rings. The Kier molecular flexibility index (Phi) is 4.75. The topological polar surface area (TPSA) is 59.5 Å². The zero-order valence-corrected chi connectivity index (χ0v) is 17.0. The van der Waals surface area contributed by atoms with Crippen molar-refractivity contribution in [3.63, 3.8) is 0 Å². The summed E-state index contributed by atoms with van der Waals surface area (Å²) in [6, 6.07) is 10.6. The van der Waals surface area contributed by atoms with Crippen molar-refractivity contribution < 1.29 is 14.3 Å². The maximum absolute atomic E-state index is 13.4. The molecule has 1 aliphatic heterocycles. The van der Waals surface area contributed by atoms with Crippen molar-refractivity contribution >= 4 is 51.8 Å². The maximum Gasteiger partial charge on any atom is 0.329 e. The number of ether oxygens (including phenoxy) is 1. The van der Waals surface area contributed by atoms with Gasteiger partial charge in [0.15, 0.2) is 0 Å². The Bertz CT molecular complexity index is 1040. The number of carbonyl (C=O) groups is 2. The molecule has 0 aliphatic carbocycles. The van der Waals surface area contributed by atoms with Gasteiger partial charge >= 0.3 is 5.97 Å². The molecule has 0 N–H and O–H groups in total. The van der Waals surface area contributed by atoms with Crippen LogP contribution in [0, 0.1) is 6.92 Å². The minimum atomic E-state index is -0.666. The van der Waals surface area contributed by atoms with E-state index in [2.05, 4.69) is 4.98 Å². The number of anilines is 1. The smallest absolute Gasteiger partial charge is 0.329 e. The van der Waals surface area contributed by atoms with E-state index in [1.54, 1.807) is 6.92 Å². The van der Waals surface area contributed by atoms with Crippen LogP contribution in [0.5, 0.6) is 0 Å². The van der Waals surface area contributed by atoms with Crippen LogP contribution in [0.1, 0.15) is 20.9 Å². The molecule has 0 radical (unpaired) electrons. The van der Waals surface area contributed by atoms with Crippen LogP contribution in [-0.4, -0.2) is 30.0 Å². The number of esters is 1. The summed E-state index contributed by atoms with van der Waals surface area (Å²) in [7, 11) is 1.34. The number of amides is 1. The third kappa shape index (κ3) is 3.16. The molecule has 0 saturated heterocycles. The summed E-state index contributed by atoms with van der Waals surface area (Å²) < 4.78 is 5.60. The Hall–Kier alpha value is -2.22. The van der Waals surface area contributed by atoms with Gasteiger partial charge in [0, 0.05) is 12.1 Å². The zero-order valence-electron chi connectivity index (χ0n) is 14.6. The molecule has 1 unspecified atom stereocenters. The van der Waals surface area contributed by atoms with E-state index in [9.17, 15) is 9.59 Å². The molecule has 3 aromatic rings. The van der Waals surface area contributed by atoms with Crippen LogP contribution in [0.2, 0.25) is 4.34 Å². The number of fused-ring (bicyclic) bond motifs is 1. The van der Waals surface area contributed by atoms with Crippen molar-refractivity contribution in [1.29, 1.82) is 0 Å². The van der Waals surface area contributed by atoms with Gasteiger partial charge in [-0.1, -0.05) is 29.8 Å². The lowest BCUT2D eigenvalue weighted by molar-refractivity contribution is -0.141. The van der Waals surface area contributed by atoms with E-state index in [0.717, 1.165) is 21.1 Å². The third-order valence-electron chi connectivity index (χ3n) is 4.44. The highest BCUT2D eigenvalue weighted by Crippen LogP contribution is 2.38. The van der Waals surface area contributed by atoms with Crippen LogP contribution in [0.3, 0.4) is 0 Å². The number of hydrogen-bond donors (Lipinski definition) is 0. The minimum Gasteiger partial charge on any atom is -0.467 e. The third-order valence-corrected chi connectivity index (χ3v) is 6.99. The van der Waals surface area contributed by atoms with E-state index in [0.29, 0.717) is 21.3 Å². The molecule has 1 amide bonds. The molecule has 2 aromatic heterocycles. The fraction of sp³-hybridized carbons (Fsp3) is 0.211. The SMILES string of the molecule is COC(=O)C1Cc2ccccc2N1C(=O)c1sc(-c2ccc(Cl)s2)nc1C. The van der Waals surface area contributed by atoms with Crippen LogP contribution in [0.4, 0.5) is 5.69 Å². The first-order valence-corrected chi connectivity index (χ1v) is 10.2. The van der Waals surface area contributed by atoms with Crippen LogP contribution >= 0.6 is 34.3 Å². The van der Waals surface area contributed by atoms with Crippen LogP contribution in [0.25, 0.3) is 9.88 Å². The molecule has 27 heavy (non-hydrogen) atoms. The van der Waals surface area contributed by atoms with Gasteiger partial charge in [0.2, 0.25) is 0 Å². The summed E-state index contributed by atoms with van der Waals surface area (Å²) in [6.07, 6.45) is 0.444. The van der Waals surface area contributed by atoms with Gasteiger partial charge in [0.05, 0.1) is 22.0 Å². The summed E-state index contributed by atoms with van der Waals surface area (Å²) in [5, 5.41) is 0.745.